The molecule has 0 spiro atoms. The Morgan fingerprint density at radius 3 is 2.61 bits per heavy atom. The van der Waals surface area contributed by atoms with Gasteiger partial charge in [-0.15, -0.1) is 0 Å². The van der Waals surface area contributed by atoms with Crippen LogP contribution in [0.15, 0.2) is 54.6 Å². The average Bonchev–Trinajstić information content (AvgIpc) is 2.40. The fourth-order valence-electron chi connectivity index (χ4n) is 1.45. The topological polar surface area (TPSA) is 38.3 Å². The lowest BCUT2D eigenvalue weighted by molar-refractivity contribution is 0.0233. The minimum Gasteiger partial charge on any atom is -0.269 e. The summed E-state index contributed by atoms with van der Waals surface area (Å²) in [6.45, 7) is 0.358. The zero-order valence-corrected chi connectivity index (χ0v) is 11.8. The van der Waals surface area contributed by atoms with E-state index in [1.165, 1.54) is 0 Å². The second-order valence-electron chi connectivity index (χ2n) is 3.72. The molecular formula is C14H12INO2. The number of carbonyl (C=O) groups excluding carboxylic acids is 1. The lowest BCUT2D eigenvalue weighted by atomic mass is 10.2. The molecule has 3 nitrogen and oxygen atoms in total. The molecule has 4 heteroatoms. The largest absolute Gasteiger partial charge is 0.274 e. The van der Waals surface area contributed by atoms with Gasteiger partial charge in [-0.3, -0.25) is 9.63 Å². The molecule has 0 aliphatic heterocycles. The average molecular weight is 353 g/mol. The first-order valence-electron chi connectivity index (χ1n) is 5.47. The quantitative estimate of drug-likeness (QED) is 0.678. The van der Waals surface area contributed by atoms with E-state index in [0.29, 0.717) is 12.2 Å². The van der Waals surface area contributed by atoms with Crippen molar-refractivity contribution in [3.05, 3.63) is 69.3 Å². The number of nitrogens with one attached hydrogen (secondary N) is 1. The van der Waals surface area contributed by atoms with Crippen LogP contribution in [0.4, 0.5) is 0 Å². The van der Waals surface area contributed by atoms with E-state index < -0.39 is 0 Å². The zero-order valence-electron chi connectivity index (χ0n) is 9.60. The lowest BCUT2D eigenvalue weighted by Gasteiger charge is -2.06. The first-order chi connectivity index (χ1) is 8.75. The van der Waals surface area contributed by atoms with Crippen LogP contribution in [0.1, 0.15) is 15.9 Å². The summed E-state index contributed by atoms with van der Waals surface area (Å²) < 4.78 is 1.02. The van der Waals surface area contributed by atoms with E-state index in [1.54, 1.807) is 6.07 Å². The molecule has 1 N–H and O–H groups in total. The molecule has 92 valence electrons. The molecule has 0 atom stereocenters. The van der Waals surface area contributed by atoms with Crippen LogP contribution in [0, 0.1) is 3.57 Å². The second kappa shape index (κ2) is 6.51. The molecule has 2 aromatic carbocycles. The van der Waals surface area contributed by atoms with Gasteiger partial charge in [-0.2, -0.15) is 0 Å². The highest BCUT2D eigenvalue weighted by molar-refractivity contribution is 14.1. The molecule has 0 radical (unpaired) electrons. The molecule has 18 heavy (non-hydrogen) atoms. The molecule has 0 saturated carbocycles. The van der Waals surface area contributed by atoms with E-state index in [9.17, 15) is 4.79 Å². The normalized spacial score (nSPS) is 10.1. The van der Waals surface area contributed by atoms with Gasteiger partial charge < -0.3 is 0 Å². The van der Waals surface area contributed by atoms with Crippen LogP contribution in [0.5, 0.6) is 0 Å². The monoisotopic (exact) mass is 353 g/mol. The fourth-order valence-corrected chi connectivity index (χ4v) is 1.99. The third kappa shape index (κ3) is 3.82. The number of rotatable bonds is 4. The summed E-state index contributed by atoms with van der Waals surface area (Å²) in [5.74, 6) is -0.232. The number of hydrogen-bond donors (Lipinski definition) is 1. The molecule has 0 bridgehead atoms. The van der Waals surface area contributed by atoms with Crippen molar-refractivity contribution in [1.29, 1.82) is 0 Å². The van der Waals surface area contributed by atoms with Gasteiger partial charge in [0.15, 0.2) is 0 Å². The fraction of sp³-hybridized carbons (Fsp3) is 0.0714. The molecule has 0 heterocycles. The Hall–Kier alpha value is -1.40. The van der Waals surface area contributed by atoms with Gasteiger partial charge >= 0.3 is 0 Å². The summed E-state index contributed by atoms with van der Waals surface area (Å²) in [6, 6.07) is 17.0. The number of carbonyl (C=O) groups is 1. The molecule has 2 aromatic rings. The zero-order chi connectivity index (χ0) is 12.8. The van der Waals surface area contributed by atoms with Crippen molar-refractivity contribution in [2.45, 2.75) is 6.61 Å². The highest BCUT2D eigenvalue weighted by Gasteiger charge is 2.05. The van der Waals surface area contributed by atoms with Gasteiger partial charge in [-0.1, -0.05) is 36.4 Å². The summed E-state index contributed by atoms with van der Waals surface area (Å²) in [4.78, 5) is 16.9. The second-order valence-corrected chi connectivity index (χ2v) is 4.96. The number of hydrogen-bond acceptors (Lipinski definition) is 2. The van der Waals surface area contributed by atoms with Gasteiger partial charge in [0.25, 0.3) is 5.91 Å². The highest BCUT2D eigenvalue weighted by atomic mass is 127. The van der Waals surface area contributed by atoms with Crippen LogP contribution < -0.4 is 5.48 Å². The van der Waals surface area contributed by atoms with Gasteiger partial charge in [-0.05, 0) is 46.4 Å². The number of halogens is 1. The van der Waals surface area contributed by atoms with Gasteiger partial charge in [0.1, 0.15) is 0 Å². The molecule has 0 aliphatic carbocycles. The maximum atomic E-state index is 11.7. The van der Waals surface area contributed by atoms with Crippen LogP contribution in [-0.4, -0.2) is 5.91 Å². The SMILES string of the molecule is O=C(NOCc1ccccc1)c1cccc(I)c1. The highest BCUT2D eigenvalue weighted by Crippen LogP contribution is 2.07. The van der Waals surface area contributed by atoms with Crippen molar-refractivity contribution < 1.29 is 9.63 Å². The van der Waals surface area contributed by atoms with Crippen LogP contribution in [0.3, 0.4) is 0 Å². The van der Waals surface area contributed by atoms with Crippen LogP contribution in [-0.2, 0) is 11.4 Å². The number of benzene rings is 2. The number of hydroxylamine groups is 1. The summed E-state index contributed by atoms with van der Waals surface area (Å²) in [7, 11) is 0. The third-order valence-electron chi connectivity index (χ3n) is 2.33. The first-order valence-corrected chi connectivity index (χ1v) is 6.55. The molecule has 0 unspecified atom stereocenters. The van der Waals surface area contributed by atoms with E-state index >= 15 is 0 Å². The standard InChI is InChI=1S/C14H12INO2/c15-13-8-4-7-12(9-13)14(17)16-18-10-11-5-2-1-3-6-11/h1-9H,10H2,(H,16,17). The summed E-state index contributed by atoms with van der Waals surface area (Å²) in [5, 5.41) is 0. The Morgan fingerprint density at radius 1 is 1.11 bits per heavy atom. The van der Waals surface area contributed by atoms with Gasteiger partial charge in [0.2, 0.25) is 0 Å². The molecule has 0 fully saturated rings. The van der Waals surface area contributed by atoms with E-state index in [0.717, 1.165) is 9.13 Å². The molecule has 0 aliphatic rings. The Labute approximate surface area is 119 Å². The minimum atomic E-state index is -0.232. The smallest absolute Gasteiger partial charge is 0.269 e. The predicted octanol–water partition coefficient (Wildman–Crippen LogP) is 3.15. The maximum Gasteiger partial charge on any atom is 0.274 e. The summed E-state index contributed by atoms with van der Waals surface area (Å²) in [6.07, 6.45) is 0. The minimum absolute atomic E-state index is 0.232. The van der Waals surface area contributed by atoms with E-state index in [1.807, 2.05) is 48.5 Å². The van der Waals surface area contributed by atoms with Crippen molar-refractivity contribution in [3.8, 4) is 0 Å². The van der Waals surface area contributed by atoms with Gasteiger partial charge in [-0.25, -0.2) is 5.48 Å². The number of amides is 1. The van der Waals surface area contributed by atoms with Gasteiger partial charge in [0.05, 0.1) is 6.61 Å². The molecule has 0 saturated heterocycles. The van der Waals surface area contributed by atoms with Gasteiger partial charge in [0, 0.05) is 9.13 Å². The van der Waals surface area contributed by atoms with Crippen molar-refractivity contribution >= 4 is 28.5 Å². The molecular weight excluding hydrogens is 341 g/mol. The predicted molar refractivity (Wildman–Crippen MR) is 77.9 cm³/mol. The Bertz CT molecular complexity index is 528. The Morgan fingerprint density at radius 2 is 1.89 bits per heavy atom. The van der Waals surface area contributed by atoms with Crippen LogP contribution in [0.25, 0.3) is 0 Å². The van der Waals surface area contributed by atoms with Crippen molar-refractivity contribution in [2.24, 2.45) is 0 Å². The molecule has 1 amide bonds. The first kappa shape index (κ1) is 13.0. The summed E-state index contributed by atoms with van der Waals surface area (Å²) in [5.41, 5.74) is 4.04. The van der Waals surface area contributed by atoms with E-state index in [4.69, 9.17) is 4.84 Å². The maximum absolute atomic E-state index is 11.7. The van der Waals surface area contributed by atoms with Crippen molar-refractivity contribution in [3.63, 3.8) is 0 Å². The Balaban J connectivity index is 1.86. The Kier molecular flexibility index (Phi) is 4.72. The van der Waals surface area contributed by atoms with Crippen LogP contribution in [0.2, 0.25) is 0 Å². The van der Waals surface area contributed by atoms with E-state index in [-0.39, 0.29) is 5.91 Å². The summed E-state index contributed by atoms with van der Waals surface area (Å²) >= 11 is 2.16. The molecule has 2 rings (SSSR count). The molecule has 0 aromatic heterocycles. The van der Waals surface area contributed by atoms with Crippen molar-refractivity contribution in [2.75, 3.05) is 0 Å². The van der Waals surface area contributed by atoms with Crippen LogP contribution >= 0.6 is 22.6 Å². The third-order valence-corrected chi connectivity index (χ3v) is 3.00. The lowest BCUT2D eigenvalue weighted by Crippen LogP contribution is -2.23. The van der Waals surface area contributed by atoms with Crippen molar-refractivity contribution in [1.82, 2.24) is 5.48 Å². The van der Waals surface area contributed by atoms with E-state index in [2.05, 4.69) is 28.1 Å².